The molecule has 1 nitrogen and oxygen atoms in total. The van der Waals surface area contributed by atoms with Crippen LogP contribution in [0.3, 0.4) is 0 Å². The SMILES string of the molecule is C1CCC(C2CCC(C(C3CCC4CC5C6CCCCC6CC(C6CC7CCCCC7O6)C5C4C3)C3CCCC(C4(C5CCCCC5)C5CCCCC5C5CCCCC54)C3)CC2)CC1. The molecule has 0 aromatic heterocycles. The van der Waals surface area contributed by atoms with Gasteiger partial charge in [0.15, 0.2) is 0 Å². The minimum Gasteiger partial charge on any atom is -0.374 e. The molecule has 0 N–H and O–H groups in total. The third-order valence-electron chi connectivity index (χ3n) is 26.4. The molecule has 1 saturated heterocycles. The highest BCUT2D eigenvalue weighted by Crippen LogP contribution is 2.73. The van der Waals surface area contributed by atoms with Crippen molar-refractivity contribution in [2.75, 3.05) is 0 Å². The van der Waals surface area contributed by atoms with Crippen LogP contribution in [-0.2, 0) is 4.74 Å². The van der Waals surface area contributed by atoms with Gasteiger partial charge in [-0.1, -0.05) is 122 Å². The van der Waals surface area contributed by atoms with Gasteiger partial charge in [0.25, 0.3) is 0 Å². The summed E-state index contributed by atoms with van der Waals surface area (Å²) in [5, 5.41) is 0. The second-order valence-corrected chi connectivity index (χ2v) is 28.3. The van der Waals surface area contributed by atoms with Gasteiger partial charge in [0.05, 0.1) is 12.2 Å². The fourth-order valence-corrected chi connectivity index (χ4v) is 24.6. The number of hydrogen-bond acceptors (Lipinski definition) is 1. The Labute approximate surface area is 395 Å². The standard InChI is InChI=1S/C63H102O/c1-3-16-41(17-4-1)42-30-32-43(33-31-42)61(47-20-15-23-50(36-47)63(49-21-5-2-6-22-49)57-27-12-10-25-52(57)53-26-11-13-28-58(53)63)48-35-34-45-37-55-51-24-9-7-18-44(51)38-56(62(55)54(45)39-48)60-40-46-19-8-14-29-59(46)64-60/h41-62H,1-40H2. The van der Waals surface area contributed by atoms with Gasteiger partial charge in [-0.15, -0.1) is 0 Å². The second-order valence-electron chi connectivity index (χ2n) is 28.3. The molecule has 12 saturated carbocycles. The van der Waals surface area contributed by atoms with E-state index in [1.54, 1.807) is 212 Å². The summed E-state index contributed by atoms with van der Waals surface area (Å²) < 4.78 is 7.39. The molecule has 1 heterocycles. The van der Waals surface area contributed by atoms with E-state index >= 15 is 0 Å². The number of fused-ring (bicyclic) bond motifs is 9. The summed E-state index contributed by atoms with van der Waals surface area (Å²) in [7, 11) is 0. The average Bonchev–Trinajstić information content (AvgIpc) is 4.06. The van der Waals surface area contributed by atoms with Gasteiger partial charge in [0, 0.05) is 0 Å². The zero-order chi connectivity index (χ0) is 42.2. The minimum absolute atomic E-state index is 0.627. The van der Waals surface area contributed by atoms with Crippen molar-refractivity contribution >= 4 is 0 Å². The van der Waals surface area contributed by atoms with Crippen LogP contribution in [0, 0.1) is 124 Å². The fraction of sp³-hybridized carbons (Fsp3) is 1.00. The highest BCUT2D eigenvalue weighted by Gasteiger charge is 2.66. The van der Waals surface area contributed by atoms with E-state index in [2.05, 4.69) is 0 Å². The molecule has 0 bridgehead atoms. The molecule has 360 valence electrons. The van der Waals surface area contributed by atoms with Crippen LogP contribution < -0.4 is 0 Å². The predicted octanol–water partition coefficient (Wildman–Crippen LogP) is 17.8. The van der Waals surface area contributed by atoms with Crippen LogP contribution in [-0.4, -0.2) is 12.2 Å². The van der Waals surface area contributed by atoms with Gasteiger partial charge in [-0.25, -0.2) is 0 Å². The van der Waals surface area contributed by atoms with E-state index in [0.29, 0.717) is 12.2 Å². The summed E-state index contributed by atoms with van der Waals surface area (Å²) in [5.41, 5.74) is 0.735. The molecular formula is C63H102O. The van der Waals surface area contributed by atoms with Crippen LogP contribution in [0.15, 0.2) is 0 Å². The normalized spacial score (nSPS) is 53.0. The van der Waals surface area contributed by atoms with E-state index in [1.165, 1.54) is 44.9 Å². The molecule has 0 spiro atoms. The van der Waals surface area contributed by atoms with Crippen molar-refractivity contribution in [3.8, 4) is 0 Å². The smallest absolute Gasteiger partial charge is 0.0613 e. The van der Waals surface area contributed by atoms with Gasteiger partial charge in [0.2, 0.25) is 0 Å². The van der Waals surface area contributed by atoms with Crippen LogP contribution in [0.2, 0.25) is 0 Å². The maximum Gasteiger partial charge on any atom is 0.0613 e. The highest BCUT2D eigenvalue weighted by atomic mass is 16.5. The third-order valence-corrected chi connectivity index (χ3v) is 26.4. The van der Waals surface area contributed by atoms with Crippen molar-refractivity contribution in [3.63, 3.8) is 0 Å². The van der Waals surface area contributed by atoms with Crippen molar-refractivity contribution in [3.05, 3.63) is 0 Å². The largest absolute Gasteiger partial charge is 0.374 e. The second kappa shape index (κ2) is 18.9. The zero-order valence-corrected chi connectivity index (χ0v) is 41.9. The Hall–Kier alpha value is -0.0400. The Kier molecular flexibility index (Phi) is 13.0. The maximum absolute atomic E-state index is 7.39. The van der Waals surface area contributed by atoms with Gasteiger partial charge in [0.1, 0.15) is 0 Å². The van der Waals surface area contributed by atoms with Crippen molar-refractivity contribution < 1.29 is 4.74 Å². The minimum atomic E-state index is 0.627. The molecule has 18 atom stereocenters. The molecule has 0 amide bonds. The van der Waals surface area contributed by atoms with Crippen LogP contribution in [0.25, 0.3) is 0 Å². The number of rotatable bonds is 7. The van der Waals surface area contributed by atoms with Gasteiger partial charge >= 0.3 is 0 Å². The van der Waals surface area contributed by atoms with Crippen LogP contribution in [0.1, 0.15) is 257 Å². The first-order chi connectivity index (χ1) is 31.7. The Morgan fingerprint density at radius 3 is 1.56 bits per heavy atom. The van der Waals surface area contributed by atoms with Crippen molar-refractivity contribution in [2.24, 2.45) is 124 Å². The lowest BCUT2D eigenvalue weighted by Crippen LogP contribution is -2.51. The lowest BCUT2D eigenvalue weighted by molar-refractivity contribution is -0.0962. The van der Waals surface area contributed by atoms with E-state index in [0.717, 1.165) is 124 Å². The zero-order valence-electron chi connectivity index (χ0n) is 41.9. The van der Waals surface area contributed by atoms with E-state index in [9.17, 15) is 0 Å². The molecule has 13 rings (SSSR count). The van der Waals surface area contributed by atoms with E-state index < -0.39 is 0 Å². The molecule has 13 fully saturated rings. The summed E-state index contributed by atoms with van der Waals surface area (Å²) in [6.45, 7) is 0. The summed E-state index contributed by atoms with van der Waals surface area (Å²) in [6.07, 6.45) is 64.7. The molecule has 18 unspecified atom stereocenters. The quantitative estimate of drug-likeness (QED) is 0.248. The molecule has 12 aliphatic carbocycles. The first kappa shape index (κ1) is 43.9. The fourth-order valence-electron chi connectivity index (χ4n) is 24.6. The van der Waals surface area contributed by atoms with Crippen molar-refractivity contribution in [1.82, 2.24) is 0 Å². The lowest BCUT2D eigenvalue weighted by Gasteiger charge is -2.58. The topological polar surface area (TPSA) is 9.23 Å². The molecular weight excluding hydrogens is 773 g/mol. The summed E-state index contributed by atoms with van der Waals surface area (Å²) in [4.78, 5) is 0. The Morgan fingerprint density at radius 2 is 0.812 bits per heavy atom. The van der Waals surface area contributed by atoms with Gasteiger partial charge < -0.3 is 4.74 Å². The highest BCUT2D eigenvalue weighted by molar-refractivity contribution is 5.14. The predicted molar refractivity (Wildman–Crippen MR) is 266 cm³/mol. The molecule has 0 radical (unpaired) electrons. The summed E-state index contributed by atoms with van der Waals surface area (Å²) in [6, 6.07) is 0. The number of hydrogen-bond donors (Lipinski definition) is 0. The maximum atomic E-state index is 7.39. The summed E-state index contributed by atoms with van der Waals surface area (Å²) >= 11 is 0. The van der Waals surface area contributed by atoms with Crippen molar-refractivity contribution in [1.29, 1.82) is 0 Å². The molecule has 64 heavy (non-hydrogen) atoms. The molecule has 0 aromatic carbocycles. The van der Waals surface area contributed by atoms with Crippen LogP contribution in [0.4, 0.5) is 0 Å². The Balaban J connectivity index is 0.819. The van der Waals surface area contributed by atoms with Crippen LogP contribution in [0.5, 0.6) is 0 Å². The van der Waals surface area contributed by atoms with Gasteiger partial charge in [-0.2, -0.15) is 0 Å². The Morgan fingerprint density at radius 1 is 0.281 bits per heavy atom. The molecule has 13 aliphatic rings. The van der Waals surface area contributed by atoms with E-state index in [4.69, 9.17) is 4.74 Å². The van der Waals surface area contributed by atoms with Gasteiger partial charge in [-0.05, 0) is 259 Å². The Bertz CT molecular complexity index is 1490. The summed E-state index contributed by atoms with van der Waals surface area (Å²) in [5.74, 6) is 21.2. The van der Waals surface area contributed by atoms with E-state index in [1.807, 2.05) is 0 Å². The van der Waals surface area contributed by atoms with E-state index in [-0.39, 0.29) is 0 Å². The van der Waals surface area contributed by atoms with Crippen molar-refractivity contribution in [2.45, 2.75) is 269 Å². The number of ether oxygens (including phenoxy) is 1. The van der Waals surface area contributed by atoms with Crippen LogP contribution >= 0.6 is 0 Å². The third kappa shape index (κ3) is 7.70. The lowest BCUT2D eigenvalue weighted by atomic mass is 9.47. The first-order valence-electron chi connectivity index (χ1n) is 31.4. The molecule has 1 aliphatic heterocycles. The molecule has 1 heteroatoms. The van der Waals surface area contributed by atoms with Gasteiger partial charge in [-0.3, -0.25) is 0 Å². The monoisotopic (exact) mass is 875 g/mol. The first-order valence-corrected chi connectivity index (χ1v) is 31.4. The average molecular weight is 876 g/mol. The molecule has 0 aromatic rings.